The summed E-state index contributed by atoms with van der Waals surface area (Å²) in [6.45, 7) is 3.07. The molecular formula is C20H21N9O. The van der Waals surface area contributed by atoms with Crippen LogP contribution < -0.4 is 15.5 Å². The lowest BCUT2D eigenvalue weighted by atomic mass is 10.2. The topological polar surface area (TPSA) is 122 Å². The summed E-state index contributed by atoms with van der Waals surface area (Å²) < 4.78 is 1.89. The number of hydrogen-bond donors (Lipinski definition) is 2. The SMILES string of the molecule is Nc1nc(N2CCN(c3ccc(CO)cn3)CC2)nc2c1ncn2-c1ccncc1. The van der Waals surface area contributed by atoms with Gasteiger partial charge in [-0.05, 0) is 23.8 Å². The fourth-order valence-electron chi connectivity index (χ4n) is 3.58. The molecule has 1 saturated heterocycles. The van der Waals surface area contributed by atoms with Crippen LogP contribution >= 0.6 is 0 Å². The lowest BCUT2D eigenvalue weighted by Crippen LogP contribution is -2.47. The number of imidazole rings is 1. The van der Waals surface area contributed by atoms with Crippen molar-refractivity contribution in [2.75, 3.05) is 41.7 Å². The smallest absolute Gasteiger partial charge is 0.229 e. The minimum Gasteiger partial charge on any atom is -0.392 e. The summed E-state index contributed by atoms with van der Waals surface area (Å²) in [5.41, 5.74) is 9.17. The molecule has 10 heteroatoms. The fourth-order valence-corrected chi connectivity index (χ4v) is 3.58. The van der Waals surface area contributed by atoms with Crippen LogP contribution in [0.3, 0.4) is 0 Å². The van der Waals surface area contributed by atoms with E-state index in [4.69, 9.17) is 10.7 Å². The summed E-state index contributed by atoms with van der Waals surface area (Å²) in [5.74, 6) is 1.86. The average molecular weight is 403 g/mol. The second-order valence-electron chi connectivity index (χ2n) is 7.06. The average Bonchev–Trinajstić information content (AvgIpc) is 3.24. The van der Waals surface area contributed by atoms with Crippen LogP contribution in [-0.4, -0.2) is 60.8 Å². The van der Waals surface area contributed by atoms with Crippen molar-refractivity contribution in [1.82, 2.24) is 29.5 Å². The molecule has 0 amide bonds. The summed E-state index contributed by atoms with van der Waals surface area (Å²) in [4.78, 5) is 26.5. The van der Waals surface area contributed by atoms with Gasteiger partial charge in [-0.3, -0.25) is 9.55 Å². The van der Waals surface area contributed by atoms with Gasteiger partial charge in [-0.25, -0.2) is 9.97 Å². The number of fused-ring (bicyclic) bond motifs is 1. The molecule has 4 aromatic rings. The van der Waals surface area contributed by atoms with E-state index >= 15 is 0 Å². The normalized spacial score (nSPS) is 14.4. The molecule has 5 heterocycles. The van der Waals surface area contributed by atoms with Gasteiger partial charge in [-0.2, -0.15) is 9.97 Å². The Balaban J connectivity index is 1.39. The molecule has 0 spiro atoms. The van der Waals surface area contributed by atoms with Crippen molar-refractivity contribution in [2.24, 2.45) is 0 Å². The number of pyridine rings is 2. The minimum atomic E-state index is -0.00161. The van der Waals surface area contributed by atoms with Crippen molar-refractivity contribution >= 4 is 28.7 Å². The number of anilines is 3. The Morgan fingerprint density at radius 3 is 2.40 bits per heavy atom. The number of nitrogen functional groups attached to an aromatic ring is 1. The molecule has 0 unspecified atom stereocenters. The van der Waals surface area contributed by atoms with Crippen molar-refractivity contribution in [3.05, 3.63) is 54.7 Å². The maximum absolute atomic E-state index is 9.18. The standard InChI is InChI=1S/C20H21N9O/c21-18-17-19(29(13-24-17)15-3-5-22-6-4-15)26-20(25-18)28-9-7-27(8-10-28)16-2-1-14(12-30)11-23-16/h1-6,11,13,30H,7-10,12H2,(H2,21,25,26). The molecule has 1 aliphatic heterocycles. The number of rotatable bonds is 4. The van der Waals surface area contributed by atoms with E-state index in [1.165, 1.54) is 0 Å². The number of piperazine rings is 1. The predicted octanol–water partition coefficient (Wildman–Crippen LogP) is 1.01. The molecule has 3 N–H and O–H groups in total. The maximum Gasteiger partial charge on any atom is 0.229 e. The quantitative estimate of drug-likeness (QED) is 0.514. The minimum absolute atomic E-state index is 0.00161. The van der Waals surface area contributed by atoms with Gasteiger partial charge in [0.15, 0.2) is 17.0 Å². The zero-order valence-corrected chi connectivity index (χ0v) is 16.3. The molecule has 0 radical (unpaired) electrons. The van der Waals surface area contributed by atoms with Crippen molar-refractivity contribution in [3.8, 4) is 5.69 Å². The van der Waals surface area contributed by atoms with Gasteiger partial charge >= 0.3 is 0 Å². The number of nitrogens with two attached hydrogens (primary N) is 1. The fraction of sp³-hybridized carbons (Fsp3) is 0.250. The molecule has 0 aliphatic carbocycles. The molecule has 152 valence electrons. The van der Waals surface area contributed by atoms with Crippen LogP contribution in [0.1, 0.15) is 5.56 Å². The first kappa shape index (κ1) is 18.3. The molecule has 30 heavy (non-hydrogen) atoms. The maximum atomic E-state index is 9.18. The summed E-state index contributed by atoms with van der Waals surface area (Å²) in [5, 5.41) is 9.18. The Bertz CT molecular complexity index is 1150. The van der Waals surface area contributed by atoms with Crippen LogP contribution in [0.4, 0.5) is 17.6 Å². The molecule has 10 nitrogen and oxygen atoms in total. The number of aliphatic hydroxyl groups is 1. The number of nitrogens with zero attached hydrogens (tertiary/aromatic N) is 8. The Morgan fingerprint density at radius 1 is 0.933 bits per heavy atom. The van der Waals surface area contributed by atoms with E-state index in [1.807, 2.05) is 28.8 Å². The first-order chi connectivity index (χ1) is 14.7. The molecule has 1 fully saturated rings. The van der Waals surface area contributed by atoms with Gasteiger partial charge in [0.2, 0.25) is 5.95 Å². The van der Waals surface area contributed by atoms with Gasteiger partial charge in [-0.15, -0.1) is 0 Å². The van der Waals surface area contributed by atoms with Crippen LogP contribution in [0.25, 0.3) is 16.9 Å². The van der Waals surface area contributed by atoms with E-state index in [0.29, 0.717) is 22.9 Å². The van der Waals surface area contributed by atoms with Gasteiger partial charge in [0.1, 0.15) is 12.1 Å². The van der Waals surface area contributed by atoms with Gasteiger partial charge in [-0.1, -0.05) is 6.07 Å². The third-order valence-corrected chi connectivity index (χ3v) is 5.23. The second kappa shape index (κ2) is 7.56. The zero-order valence-electron chi connectivity index (χ0n) is 16.3. The van der Waals surface area contributed by atoms with E-state index in [2.05, 4.69) is 29.7 Å². The van der Waals surface area contributed by atoms with Crippen LogP contribution in [-0.2, 0) is 6.61 Å². The Labute approximate surface area is 172 Å². The molecular weight excluding hydrogens is 382 g/mol. The Morgan fingerprint density at radius 2 is 1.70 bits per heavy atom. The van der Waals surface area contributed by atoms with E-state index < -0.39 is 0 Å². The lowest BCUT2D eigenvalue weighted by Gasteiger charge is -2.35. The predicted molar refractivity (Wildman–Crippen MR) is 113 cm³/mol. The van der Waals surface area contributed by atoms with Gasteiger partial charge in [0.25, 0.3) is 0 Å². The van der Waals surface area contributed by atoms with Crippen LogP contribution in [0.2, 0.25) is 0 Å². The van der Waals surface area contributed by atoms with Gasteiger partial charge in [0.05, 0.1) is 12.3 Å². The molecule has 0 atom stereocenters. The largest absolute Gasteiger partial charge is 0.392 e. The molecule has 0 saturated carbocycles. The third kappa shape index (κ3) is 3.26. The van der Waals surface area contributed by atoms with Crippen molar-refractivity contribution in [2.45, 2.75) is 6.61 Å². The second-order valence-corrected chi connectivity index (χ2v) is 7.06. The van der Waals surface area contributed by atoms with E-state index in [0.717, 1.165) is 43.2 Å². The summed E-state index contributed by atoms with van der Waals surface area (Å²) in [6, 6.07) is 7.63. The van der Waals surface area contributed by atoms with E-state index in [1.54, 1.807) is 24.9 Å². The van der Waals surface area contributed by atoms with Crippen LogP contribution in [0, 0.1) is 0 Å². The van der Waals surface area contributed by atoms with E-state index in [-0.39, 0.29) is 6.61 Å². The number of aliphatic hydroxyl groups excluding tert-OH is 1. The van der Waals surface area contributed by atoms with Gasteiger partial charge < -0.3 is 20.6 Å². The zero-order chi connectivity index (χ0) is 20.5. The van der Waals surface area contributed by atoms with Crippen molar-refractivity contribution in [3.63, 3.8) is 0 Å². The summed E-state index contributed by atoms with van der Waals surface area (Å²) in [7, 11) is 0. The third-order valence-electron chi connectivity index (χ3n) is 5.23. The summed E-state index contributed by atoms with van der Waals surface area (Å²) in [6.07, 6.45) is 6.87. The molecule has 4 aromatic heterocycles. The molecule has 5 rings (SSSR count). The first-order valence-corrected chi connectivity index (χ1v) is 9.69. The van der Waals surface area contributed by atoms with Gasteiger partial charge in [0, 0.05) is 44.8 Å². The van der Waals surface area contributed by atoms with Crippen LogP contribution in [0.15, 0.2) is 49.2 Å². The number of hydrogen-bond acceptors (Lipinski definition) is 9. The highest BCUT2D eigenvalue weighted by Gasteiger charge is 2.22. The Kier molecular flexibility index (Phi) is 4.60. The van der Waals surface area contributed by atoms with Crippen LogP contribution in [0.5, 0.6) is 0 Å². The first-order valence-electron chi connectivity index (χ1n) is 9.69. The monoisotopic (exact) mass is 403 g/mol. The highest BCUT2D eigenvalue weighted by Crippen LogP contribution is 2.24. The molecule has 0 aromatic carbocycles. The number of aromatic nitrogens is 6. The highest BCUT2D eigenvalue weighted by atomic mass is 16.3. The molecule has 1 aliphatic rings. The Hall–Kier alpha value is -3.79. The molecule has 0 bridgehead atoms. The van der Waals surface area contributed by atoms with E-state index in [9.17, 15) is 5.11 Å². The summed E-state index contributed by atoms with van der Waals surface area (Å²) >= 11 is 0. The van der Waals surface area contributed by atoms with Crippen molar-refractivity contribution in [1.29, 1.82) is 0 Å². The van der Waals surface area contributed by atoms with Crippen molar-refractivity contribution < 1.29 is 5.11 Å². The lowest BCUT2D eigenvalue weighted by molar-refractivity contribution is 0.281. The highest BCUT2D eigenvalue weighted by molar-refractivity contribution is 5.84.